The Morgan fingerprint density at radius 1 is 1.29 bits per heavy atom. The average Bonchev–Trinajstić information content (AvgIpc) is 3.18. The molecule has 1 N–H and O–H groups in total. The normalized spacial score (nSPS) is 20.7. The van der Waals surface area contributed by atoms with Crippen molar-refractivity contribution in [2.24, 2.45) is 5.92 Å². The van der Waals surface area contributed by atoms with Crippen molar-refractivity contribution < 1.29 is 9.53 Å². The zero-order valence-electron chi connectivity index (χ0n) is 12.4. The van der Waals surface area contributed by atoms with Crippen molar-refractivity contribution in [1.82, 2.24) is 10.2 Å². The minimum Gasteiger partial charge on any atom is -0.497 e. The molecule has 21 heavy (non-hydrogen) atoms. The summed E-state index contributed by atoms with van der Waals surface area (Å²) in [6.07, 6.45) is 3.29. The molecule has 2 fully saturated rings. The second-order valence-electron chi connectivity index (χ2n) is 5.74. The van der Waals surface area contributed by atoms with Crippen LogP contribution in [0.4, 0.5) is 0 Å². The fraction of sp³-hybridized carbons (Fsp3) is 0.562. The van der Waals surface area contributed by atoms with Crippen LogP contribution >= 0.6 is 12.4 Å². The second kappa shape index (κ2) is 7.14. The third-order valence-corrected chi connectivity index (χ3v) is 4.19. The van der Waals surface area contributed by atoms with Gasteiger partial charge in [0.25, 0.3) is 0 Å². The fourth-order valence-corrected chi connectivity index (χ4v) is 2.80. The molecule has 2 aliphatic rings. The molecule has 1 aromatic carbocycles. The van der Waals surface area contributed by atoms with E-state index in [4.69, 9.17) is 4.74 Å². The van der Waals surface area contributed by atoms with E-state index in [1.807, 2.05) is 24.3 Å². The van der Waals surface area contributed by atoms with E-state index in [0.717, 1.165) is 44.6 Å². The van der Waals surface area contributed by atoms with Crippen LogP contribution in [-0.4, -0.2) is 37.0 Å². The molecule has 116 valence electrons. The maximum Gasteiger partial charge on any atom is 0.227 e. The average molecular weight is 311 g/mol. The quantitative estimate of drug-likeness (QED) is 0.906. The highest BCUT2D eigenvalue weighted by molar-refractivity contribution is 5.85. The van der Waals surface area contributed by atoms with Gasteiger partial charge in [-0.3, -0.25) is 4.79 Å². The fourth-order valence-electron chi connectivity index (χ4n) is 2.80. The van der Waals surface area contributed by atoms with Crippen molar-refractivity contribution in [3.05, 3.63) is 29.8 Å². The van der Waals surface area contributed by atoms with Crippen molar-refractivity contribution in [1.29, 1.82) is 0 Å². The number of rotatable bonds is 5. The Labute approximate surface area is 132 Å². The molecule has 1 aromatic rings. The van der Waals surface area contributed by atoms with Crippen LogP contribution in [0.25, 0.3) is 0 Å². The van der Waals surface area contributed by atoms with Gasteiger partial charge in [0.05, 0.1) is 13.0 Å². The molecule has 1 heterocycles. The third kappa shape index (κ3) is 3.89. The van der Waals surface area contributed by atoms with E-state index in [-0.39, 0.29) is 18.3 Å². The van der Waals surface area contributed by atoms with E-state index >= 15 is 0 Å². The first kappa shape index (κ1) is 16.1. The van der Waals surface area contributed by atoms with Gasteiger partial charge in [0, 0.05) is 19.1 Å². The summed E-state index contributed by atoms with van der Waals surface area (Å²) in [6.45, 7) is 2.53. The molecule has 1 unspecified atom stereocenters. The predicted octanol–water partition coefficient (Wildman–Crippen LogP) is 2.22. The van der Waals surface area contributed by atoms with Gasteiger partial charge in [0.1, 0.15) is 5.75 Å². The van der Waals surface area contributed by atoms with Crippen molar-refractivity contribution in [3.63, 3.8) is 0 Å². The Morgan fingerprint density at radius 3 is 2.52 bits per heavy atom. The molecular formula is C16H23ClN2O2. The van der Waals surface area contributed by atoms with E-state index in [9.17, 15) is 4.79 Å². The first-order chi connectivity index (χ1) is 9.78. The molecule has 5 heteroatoms. The lowest BCUT2D eigenvalue weighted by Gasteiger charge is -2.25. The number of hydrogen-bond donors (Lipinski definition) is 1. The highest BCUT2D eigenvalue weighted by Gasteiger charge is 2.36. The summed E-state index contributed by atoms with van der Waals surface area (Å²) in [6, 6.07) is 8.48. The Morgan fingerprint density at radius 2 is 2.00 bits per heavy atom. The Hall–Kier alpha value is -1.26. The number of hydrogen-bond acceptors (Lipinski definition) is 3. The van der Waals surface area contributed by atoms with Gasteiger partial charge in [-0.25, -0.2) is 0 Å². The van der Waals surface area contributed by atoms with Crippen LogP contribution in [0.15, 0.2) is 24.3 Å². The monoisotopic (exact) mass is 310 g/mol. The number of carbonyl (C=O) groups is 1. The molecule has 0 bridgehead atoms. The summed E-state index contributed by atoms with van der Waals surface area (Å²) in [7, 11) is 1.67. The number of carbonyl (C=O) groups excluding carboxylic acids is 1. The number of halogens is 1. The molecule has 0 aromatic heterocycles. The van der Waals surface area contributed by atoms with E-state index in [1.54, 1.807) is 7.11 Å². The van der Waals surface area contributed by atoms with Crippen molar-refractivity contribution in [2.75, 3.05) is 20.2 Å². The number of methoxy groups -OCH3 is 1. The van der Waals surface area contributed by atoms with Crippen LogP contribution in [0, 0.1) is 5.92 Å². The topological polar surface area (TPSA) is 41.6 Å². The lowest BCUT2D eigenvalue weighted by molar-refractivity contribution is -0.136. The molecular weight excluding hydrogens is 288 g/mol. The third-order valence-electron chi connectivity index (χ3n) is 4.19. The number of ether oxygens (including phenoxy) is 1. The summed E-state index contributed by atoms with van der Waals surface area (Å²) in [5.41, 5.74) is 1.18. The Balaban J connectivity index is 0.00000161. The number of amides is 1. The van der Waals surface area contributed by atoms with Crippen LogP contribution in [0.3, 0.4) is 0 Å². The van der Waals surface area contributed by atoms with E-state index in [2.05, 4.69) is 10.2 Å². The summed E-state index contributed by atoms with van der Waals surface area (Å²) in [4.78, 5) is 14.7. The van der Waals surface area contributed by atoms with Crippen LogP contribution in [0.5, 0.6) is 5.75 Å². The van der Waals surface area contributed by atoms with E-state index < -0.39 is 0 Å². The zero-order valence-corrected chi connectivity index (χ0v) is 13.2. The molecule has 1 atom stereocenters. The standard InChI is InChI=1S/C16H22N2O2.ClH/c1-20-15-6-2-12(3-7-15)11-18(14-4-5-14)16(19)13-8-9-17-10-13;/h2-3,6-7,13-14,17H,4-5,8-11H2,1H3;1H. The van der Waals surface area contributed by atoms with Crippen LogP contribution in [0.1, 0.15) is 24.8 Å². The van der Waals surface area contributed by atoms with Crippen LogP contribution < -0.4 is 10.1 Å². The van der Waals surface area contributed by atoms with Crippen LogP contribution in [-0.2, 0) is 11.3 Å². The van der Waals surface area contributed by atoms with Crippen molar-refractivity contribution in [2.45, 2.75) is 31.8 Å². The maximum atomic E-state index is 12.6. The lowest BCUT2D eigenvalue weighted by atomic mass is 10.1. The molecule has 4 nitrogen and oxygen atoms in total. The van der Waals surface area contributed by atoms with Gasteiger partial charge in [-0.05, 0) is 43.5 Å². The molecule has 3 rings (SSSR count). The SMILES string of the molecule is COc1ccc(CN(C(=O)C2CCNC2)C2CC2)cc1.Cl. The van der Waals surface area contributed by atoms with Gasteiger partial charge >= 0.3 is 0 Å². The van der Waals surface area contributed by atoms with Gasteiger partial charge in [-0.2, -0.15) is 0 Å². The van der Waals surface area contributed by atoms with Crippen molar-refractivity contribution in [3.8, 4) is 5.75 Å². The summed E-state index contributed by atoms with van der Waals surface area (Å²) >= 11 is 0. The summed E-state index contributed by atoms with van der Waals surface area (Å²) in [5, 5.41) is 3.28. The largest absolute Gasteiger partial charge is 0.497 e. The van der Waals surface area contributed by atoms with E-state index in [1.165, 1.54) is 5.56 Å². The first-order valence-corrected chi connectivity index (χ1v) is 7.42. The van der Waals surface area contributed by atoms with Crippen LogP contribution in [0.2, 0.25) is 0 Å². The van der Waals surface area contributed by atoms with Gasteiger partial charge in [-0.1, -0.05) is 12.1 Å². The molecule has 1 amide bonds. The predicted molar refractivity (Wildman–Crippen MR) is 84.8 cm³/mol. The molecule has 1 saturated heterocycles. The van der Waals surface area contributed by atoms with Gasteiger partial charge in [-0.15, -0.1) is 12.4 Å². The molecule has 1 aliphatic heterocycles. The zero-order chi connectivity index (χ0) is 13.9. The highest BCUT2D eigenvalue weighted by Crippen LogP contribution is 2.30. The lowest BCUT2D eigenvalue weighted by Crippen LogP contribution is -2.38. The minimum absolute atomic E-state index is 0. The van der Waals surface area contributed by atoms with Gasteiger partial charge < -0.3 is 15.0 Å². The van der Waals surface area contributed by atoms with Gasteiger partial charge in [0.15, 0.2) is 0 Å². The Kier molecular flexibility index (Phi) is 5.48. The molecule has 1 aliphatic carbocycles. The Bertz CT molecular complexity index is 468. The molecule has 1 saturated carbocycles. The number of nitrogens with zero attached hydrogens (tertiary/aromatic N) is 1. The number of nitrogens with one attached hydrogen (secondary N) is 1. The summed E-state index contributed by atoms with van der Waals surface area (Å²) < 4.78 is 5.17. The highest BCUT2D eigenvalue weighted by atomic mass is 35.5. The number of benzene rings is 1. The van der Waals surface area contributed by atoms with Crippen molar-refractivity contribution >= 4 is 18.3 Å². The smallest absolute Gasteiger partial charge is 0.227 e. The molecule has 0 spiro atoms. The first-order valence-electron chi connectivity index (χ1n) is 7.42. The minimum atomic E-state index is 0. The van der Waals surface area contributed by atoms with E-state index in [0.29, 0.717) is 11.9 Å². The van der Waals surface area contributed by atoms with Gasteiger partial charge in [0.2, 0.25) is 5.91 Å². The summed E-state index contributed by atoms with van der Waals surface area (Å²) in [5.74, 6) is 1.36. The second-order valence-corrected chi connectivity index (χ2v) is 5.74. The maximum absolute atomic E-state index is 12.6. The molecule has 0 radical (unpaired) electrons.